The highest BCUT2D eigenvalue weighted by molar-refractivity contribution is 8.00. The third-order valence-electron chi connectivity index (χ3n) is 3.67. The summed E-state index contributed by atoms with van der Waals surface area (Å²) in [6.45, 7) is 0. The molecule has 0 radical (unpaired) electrons. The minimum atomic E-state index is -0.458. The first-order chi connectivity index (χ1) is 12.6. The number of rotatable bonds is 6. The van der Waals surface area contributed by atoms with Crippen molar-refractivity contribution in [2.45, 2.75) is 4.90 Å². The van der Waals surface area contributed by atoms with Crippen LogP contribution in [0.5, 0.6) is 5.75 Å². The lowest BCUT2D eigenvalue weighted by Crippen LogP contribution is -2.15. The first-order valence-corrected chi connectivity index (χ1v) is 9.59. The molecule has 0 unspecified atom stereocenters. The van der Waals surface area contributed by atoms with Crippen LogP contribution in [0.25, 0.3) is 10.1 Å². The number of methoxy groups -OCH3 is 2. The molecule has 134 valence electrons. The van der Waals surface area contributed by atoms with E-state index in [1.165, 1.54) is 30.2 Å². The maximum absolute atomic E-state index is 12.3. The van der Waals surface area contributed by atoms with Crippen molar-refractivity contribution in [1.29, 1.82) is 0 Å². The second-order valence-electron chi connectivity index (χ2n) is 5.31. The maximum Gasteiger partial charge on any atom is 0.341 e. The summed E-state index contributed by atoms with van der Waals surface area (Å²) in [5, 5.41) is 4.13. The molecule has 0 atom stereocenters. The van der Waals surface area contributed by atoms with Crippen molar-refractivity contribution in [3.8, 4) is 5.75 Å². The third-order valence-corrected chi connectivity index (χ3v) is 5.77. The van der Waals surface area contributed by atoms with E-state index in [1.54, 1.807) is 7.11 Å². The molecule has 0 aliphatic heterocycles. The lowest BCUT2D eigenvalue weighted by atomic mass is 10.1. The fourth-order valence-corrected chi connectivity index (χ4v) is 4.23. The van der Waals surface area contributed by atoms with Crippen molar-refractivity contribution < 1.29 is 19.1 Å². The summed E-state index contributed by atoms with van der Waals surface area (Å²) in [6.07, 6.45) is 0. The van der Waals surface area contributed by atoms with E-state index >= 15 is 0 Å². The number of carbonyl (C=O) groups is 2. The average Bonchev–Trinajstić information content (AvgIpc) is 3.03. The van der Waals surface area contributed by atoms with Gasteiger partial charge in [0.05, 0.1) is 20.0 Å². The molecule has 0 saturated heterocycles. The predicted molar refractivity (Wildman–Crippen MR) is 106 cm³/mol. The zero-order valence-corrected chi connectivity index (χ0v) is 15.9. The summed E-state index contributed by atoms with van der Waals surface area (Å²) in [7, 11) is 2.94. The van der Waals surface area contributed by atoms with Crippen LogP contribution in [-0.4, -0.2) is 31.8 Å². The molecule has 0 fully saturated rings. The molecule has 1 aromatic heterocycles. The highest BCUT2D eigenvalue weighted by Crippen LogP contribution is 2.36. The smallest absolute Gasteiger partial charge is 0.341 e. The number of carbonyl (C=O) groups excluding carboxylic acids is 2. The number of amides is 1. The Morgan fingerprint density at radius 3 is 2.50 bits per heavy atom. The number of thioether (sulfide) groups is 1. The molecule has 5 nitrogen and oxygen atoms in total. The molecule has 26 heavy (non-hydrogen) atoms. The average molecular weight is 387 g/mol. The second kappa shape index (κ2) is 8.25. The molecule has 0 aliphatic carbocycles. The van der Waals surface area contributed by atoms with E-state index in [-0.39, 0.29) is 11.7 Å². The number of nitrogens with one attached hydrogen (secondary N) is 1. The molecule has 0 spiro atoms. The zero-order chi connectivity index (χ0) is 18.5. The van der Waals surface area contributed by atoms with Crippen LogP contribution in [0.3, 0.4) is 0 Å². The topological polar surface area (TPSA) is 64.6 Å². The van der Waals surface area contributed by atoms with E-state index in [4.69, 9.17) is 9.47 Å². The first-order valence-electron chi connectivity index (χ1n) is 7.79. The first kappa shape index (κ1) is 18.3. The molecule has 3 rings (SSSR count). The minimum absolute atomic E-state index is 0.178. The second-order valence-corrected chi connectivity index (χ2v) is 7.41. The summed E-state index contributed by atoms with van der Waals surface area (Å²) in [6, 6.07) is 15.0. The van der Waals surface area contributed by atoms with Gasteiger partial charge < -0.3 is 14.8 Å². The van der Waals surface area contributed by atoms with E-state index in [2.05, 4.69) is 5.32 Å². The molecule has 3 aromatic rings. The van der Waals surface area contributed by atoms with Crippen LogP contribution in [-0.2, 0) is 9.53 Å². The molecular formula is C19H17NO4S2. The third kappa shape index (κ3) is 4.00. The molecule has 1 N–H and O–H groups in total. The van der Waals surface area contributed by atoms with E-state index in [0.29, 0.717) is 10.6 Å². The van der Waals surface area contributed by atoms with Gasteiger partial charge in [0.2, 0.25) is 5.91 Å². The minimum Gasteiger partial charge on any atom is -0.497 e. The van der Waals surface area contributed by atoms with Crippen molar-refractivity contribution in [2.75, 3.05) is 25.3 Å². The number of hydrogen-bond acceptors (Lipinski definition) is 6. The summed E-state index contributed by atoms with van der Waals surface area (Å²) in [4.78, 5) is 25.5. The monoisotopic (exact) mass is 387 g/mol. The van der Waals surface area contributed by atoms with Gasteiger partial charge in [-0.1, -0.05) is 18.2 Å². The number of ether oxygens (including phenoxy) is 2. The van der Waals surface area contributed by atoms with Crippen molar-refractivity contribution in [1.82, 2.24) is 0 Å². The van der Waals surface area contributed by atoms with E-state index in [1.807, 2.05) is 48.5 Å². The van der Waals surface area contributed by atoms with E-state index < -0.39 is 5.97 Å². The number of esters is 1. The summed E-state index contributed by atoms with van der Waals surface area (Å²) in [5.41, 5.74) is 0.399. The molecular weight excluding hydrogens is 370 g/mol. The van der Waals surface area contributed by atoms with E-state index in [9.17, 15) is 9.59 Å². The Hall–Kier alpha value is -2.51. The molecule has 0 saturated carbocycles. The Morgan fingerprint density at radius 2 is 1.81 bits per heavy atom. The van der Waals surface area contributed by atoms with Gasteiger partial charge in [0.25, 0.3) is 0 Å². The number of anilines is 1. The summed E-state index contributed by atoms with van der Waals surface area (Å²) in [5.74, 6) is 0.371. The quantitative estimate of drug-likeness (QED) is 0.501. The predicted octanol–water partition coefficient (Wildman–Crippen LogP) is 4.43. The standard InChI is InChI=1S/C19H17NO4S2/c1-23-12-7-9-13(10-8-12)25-11-16(21)20-18-17(19(22)24-2)14-5-3-4-6-15(14)26-18/h3-10H,11H2,1-2H3,(H,20,21). The number of thiophene rings is 1. The van der Waals surface area contributed by atoms with Crippen molar-refractivity contribution in [3.05, 3.63) is 54.1 Å². The molecule has 0 bridgehead atoms. The lowest BCUT2D eigenvalue weighted by molar-refractivity contribution is -0.113. The van der Waals surface area contributed by atoms with Crippen LogP contribution in [0.2, 0.25) is 0 Å². The Morgan fingerprint density at radius 1 is 1.08 bits per heavy atom. The lowest BCUT2D eigenvalue weighted by Gasteiger charge is -2.06. The Balaban J connectivity index is 1.73. The Kier molecular flexibility index (Phi) is 5.80. The van der Waals surface area contributed by atoms with Gasteiger partial charge in [-0.2, -0.15) is 0 Å². The van der Waals surface area contributed by atoms with Gasteiger partial charge in [-0.25, -0.2) is 4.79 Å². The Bertz CT molecular complexity index is 934. The van der Waals surface area contributed by atoms with Gasteiger partial charge in [-0.05, 0) is 30.3 Å². The molecule has 7 heteroatoms. The van der Waals surface area contributed by atoms with E-state index in [0.717, 1.165) is 20.7 Å². The highest BCUT2D eigenvalue weighted by atomic mass is 32.2. The van der Waals surface area contributed by atoms with Crippen molar-refractivity contribution in [2.24, 2.45) is 0 Å². The summed E-state index contributed by atoms with van der Waals surface area (Å²) < 4.78 is 10.9. The fraction of sp³-hybridized carbons (Fsp3) is 0.158. The van der Waals surface area contributed by atoms with Gasteiger partial charge in [0.15, 0.2) is 0 Å². The van der Waals surface area contributed by atoms with Crippen LogP contribution in [0.15, 0.2) is 53.4 Å². The van der Waals surface area contributed by atoms with Gasteiger partial charge in [0.1, 0.15) is 16.3 Å². The molecule has 2 aromatic carbocycles. The van der Waals surface area contributed by atoms with Crippen LogP contribution in [0.4, 0.5) is 5.00 Å². The Labute approximate surface area is 159 Å². The normalized spacial score (nSPS) is 10.5. The zero-order valence-electron chi connectivity index (χ0n) is 14.3. The van der Waals surface area contributed by atoms with Crippen LogP contribution < -0.4 is 10.1 Å². The fourth-order valence-electron chi connectivity index (χ4n) is 2.42. The SMILES string of the molecule is COC(=O)c1c(NC(=O)CSc2ccc(OC)cc2)sc2ccccc12. The van der Waals surface area contributed by atoms with Gasteiger partial charge in [-0.15, -0.1) is 23.1 Å². The summed E-state index contributed by atoms with van der Waals surface area (Å²) >= 11 is 2.78. The molecule has 1 amide bonds. The number of benzene rings is 2. The van der Waals surface area contributed by atoms with Crippen molar-refractivity contribution >= 4 is 50.1 Å². The van der Waals surface area contributed by atoms with Crippen molar-refractivity contribution in [3.63, 3.8) is 0 Å². The maximum atomic E-state index is 12.3. The highest BCUT2D eigenvalue weighted by Gasteiger charge is 2.20. The number of hydrogen-bond donors (Lipinski definition) is 1. The van der Waals surface area contributed by atoms with Crippen LogP contribution >= 0.6 is 23.1 Å². The number of fused-ring (bicyclic) bond motifs is 1. The molecule has 0 aliphatic rings. The largest absolute Gasteiger partial charge is 0.497 e. The van der Waals surface area contributed by atoms with Gasteiger partial charge >= 0.3 is 5.97 Å². The molecule has 1 heterocycles. The van der Waals surface area contributed by atoms with Crippen LogP contribution in [0.1, 0.15) is 10.4 Å². The van der Waals surface area contributed by atoms with Gasteiger partial charge in [0, 0.05) is 15.0 Å². The van der Waals surface area contributed by atoms with Gasteiger partial charge in [-0.3, -0.25) is 4.79 Å². The van der Waals surface area contributed by atoms with Crippen LogP contribution in [0, 0.1) is 0 Å².